The number of ether oxygens (including phenoxy) is 2. The van der Waals surface area contributed by atoms with Crippen LogP contribution in [0.25, 0.3) is 0 Å². The zero-order chi connectivity index (χ0) is 19.9. The highest BCUT2D eigenvalue weighted by atomic mass is 35.5. The molecule has 2 heterocycles. The van der Waals surface area contributed by atoms with Gasteiger partial charge in [-0.25, -0.2) is 0 Å². The lowest BCUT2D eigenvalue weighted by molar-refractivity contribution is -0.0595. The van der Waals surface area contributed by atoms with Crippen molar-refractivity contribution in [1.29, 1.82) is 0 Å². The summed E-state index contributed by atoms with van der Waals surface area (Å²) in [5.74, 6) is 1.27. The predicted octanol–water partition coefficient (Wildman–Crippen LogP) is 4.08. The Morgan fingerprint density at radius 2 is 1.71 bits per heavy atom. The van der Waals surface area contributed by atoms with Crippen LogP contribution in [0.15, 0.2) is 36.4 Å². The molecule has 2 aliphatic rings. The van der Waals surface area contributed by atoms with E-state index >= 15 is 0 Å². The molecule has 2 fully saturated rings. The maximum atomic E-state index is 11.4. The molecular formula is C22H26ClNO4. The molecule has 2 aromatic rings. The molecule has 2 bridgehead atoms. The second kappa shape index (κ2) is 7.47. The molecule has 0 spiro atoms. The van der Waals surface area contributed by atoms with Crippen LogP contribution in [-0.4, -0.2) is 41.4 Å². The van der Waals surface area contributed by atoms with Crippen molar-refractivity contribution in [2.24, 2.45) is 0 Å². The van der Waals surface area contributed by atoms with Crippen LogP contribution < -0.4 is 9.47 Å². The van der Waals surface area contributed by atoms with E-state index in [1.807, 2.05) is 24.3 Å². The molecule has 0 unspecified atom stereocenters. The van der Waals surface area contributed by atoms with Crippen LogP contribution in [0.3, 0.4) is 0 Å². The van der Waals surface area contributed by atoms with Gasteiger partial charge in [-0.05, 0) is 55.0 Å². The van der Waals surface area contributed by atoms with Gasteiger partial charge in [-0.15, -0.1) is 0 Å². The summed E-state index contributed by atoms with van der Waals surface area (Å²) in [5.41, 5.74) is 1.07. The number of phenolic OH excluding ortho intramolecular Hbond substituents is 1. The molecule has 2 atom stereocenters. The molecule has 5 nitrogen and oxygen atoms in total. The average molecular weight is 404 g/mol. The highest BCUT2D eigenvalue weighted by molar-refractivity contribution is 6.31. The van der Waals surface area contributed by atoms with Gasteiger partial charge in [0, 0.05) is 29.7 Å². The van der Waals surface area contributed by atoms with Crippen molar-refractivity contribution in [3.63, 3.8) is 0 Å². The maximum Gasteiger partial charge on any atom is 0.160 e. The molecule has 0 aromatic heterocycles. The smallest absolute Gasteiger partial charge is 0.160 e. The van der Waals surface area contributed by atoms with E-state index in [1.165, 1.54) is 13.2 Å². The van der Waals surface area contributed by atoms with Gasteiger partial charge in [0.15, 0.2) is 11.5 Å². The normalized spacial score (nSPS) is 27.0. The third-order valence-electron chi connectivity index (χ3n) is 6.25. The van der Waals surface area contributed by atoms with E-state index < -0.39 is 5.60 Å². The first-order valence-corrected chi connectivity index (χ1v) is 9.99. The van der Waals surface area contributed by atoms with Gasteiger partial charge >= 0.3 is 0 Å². The van der Waals surface area contributed by atoms with Crippen molar-refractivity contribution in [2.45, 2.75) is 49.9 Å². The number of rotatable bonds is 5. The minimum absolute atomic E-state index is 0.0479. The molecule has 0 radical (unpaired) electrons. The SMILES string of the molecule is COc1ccc(C2(O)C[C@@H]3CC[C@@H](C2)N3Cc2cc(OC)c(O)cc2Cl)cc1. The zero-order valence-electron chi connectivity index (χ0n) is 16.2. The second-order valence-corrected chi connectivity index (χ2v) is 8.25. The number of piperidine rings is 1. The van der Waals surface area contributed by atoms with Crippen molar-refractivity contribution in [1.82, 2.24) is 4.90 Å². The van der Waals surface area contributed by atoms with Crippen LogP contribution in [-0.2, 0) is 12.1 Å². The van der Waals surface area contributed by atoms with Crippen LogP contribution in [0.2, 0.25) is 5.02 Å². The lowest BCUT2D eigenvalue weighted by Gasteiger charge is -2.44. The van der Waals surface area contributed by atoms with Gasteiger partial charge in [0.25, 0.3) is 0 Å². The van der Waals surface area contributed by atoms with Gasteiger partial charge in [-0.1, -0.05) is 23.7 Å². The first-order chi connectivity index (χ1) is 13.4. The van der Waals surface area contributed by atoms with Crippen molar-refractivity contribution in [3.05, 3.63) is 52.5 Å². The molecule has 0 saturated carbocycles. The number of hydrogen-bond acceptors (Lipinski definition) is 5. The Morgan fingerprint density at radius 1 is 1.07 bits per heavy atom. The van der Waals surface area contributed by atoms with E-state index in [0.717, 1.165) is 29.7 Å². The minimum atomic E-state index is -0.814. The van der Waals surface area contributed by atoms with E-state index in [9.17, 15) is 10.2 Å². The molecule has 150 valence electrons. The number of fused-ring (bicyclic) bond motifs is 2. The Bertz CT molecular complexity index is 840. The Morgan fingerprint density at radius 3 is 2.29 bits per heavy atom. The van der Waals surface area contributed by atoms with Crippen molar-refractivity contribution >= 4 is 11.6 Å². The zero-order valence-corrected chi connectivity index (χ0v) is 16.9. The van der Waals surface area contributed by atoms with Crippen molar-refractivity contribution in [2.75, 3.05) is 14.2 Å². The third-order valence-corrected chi connectivity index (χ3v) is 6.60. The van der Waals surface area contributed by atoms with Gasteiger partial charge in [-0.2, -0.15) is 0 Å². The van der Waals surface area contributed by atoms with Crippen molar-refractivity contribution < 1.29 is 19.7 Å². The fraction of sp³-hybridized carbons (Fsp3) is 0.455. The van der Waals surface area contributed by atoms with Gasteiger partial charge in [-0.3, -0.25) is 4.90 Å². The van der Waals surface area contributed by atoms with E-state index in [4.69, 9.17) is 21.1 Å². The first kappa shape index (κ1) is 19.4. The fourth-order valence-electron chi connectivity index (χ4n) is 4.78. The molecule has 2 saturated heterocycles. The molecule has 2 N–H and O–H groups in total. The summed E-state index contributed by atoms with van der Waals surface area (Å²) in [5, 5.41) is 21.8. The van der Waals surface area contributed by atoms with Crippen LogP contribution in [0.4, 0.5) is 0 Å². The quantitative estimate of drug-likeness (QED) is 0.787. The summed E-state index contributed by atoms with van der Waals surface area (Å²) in [4.78, 5) is 2.44. The minimum Gasteiger partial charge on any atom is -0.504 e. The number of nitrogens with zero attached hydrogens (tertiary/aromatic N) is 1. The lowest BCUT2D eigenvalue weighted by Crippen LogP contribution is -2.49. The molecule has 4 rings (SSSR count). The number of methoxy groups -OCH3 is 2. The number of aliphatic hydroxyl groups is 1. The molecular weight excluding hydrogens is 378 g/mol. The number of hydrogen-bond donors (Lipinski definition) is 2. The van der Waals surface area contributed by atoms with E-state index in [-0.39, 0.29) is 5.75 Å². The Kier molecular flexibility index (Phi) is 5.17. The van der Waals surface area contributed by atoms with E-state index in [2.05, 4.69) is 4.90 Å². The maximum absolute atomic E-state index is 11.4. The van der Waals surface area contributed by atoms with E-state index in [1.54, 1.807) is 13.2 Å². The fourth-order valence-corrected chi connectivity index (χ4v) is 5.00. The van der Waals surface area contributed by atoms with Gasteiger partial charge < -0.3 is 19.7 Å². The number of aromatic hydroxyl groups is 1. The van der Waals surface area contributed by atoms with Gasteiger partial charge in [0.1, 0.15) is 5.75 Å². The van der Waals surface area contributed by atoms with Crippen LogP contribution in [0.1, 0.15) is 36.8 Å². The van der Waals surface area contributed by atoms with E-state index in [0.29, 0.717) is 42.2 Å². The summed E-state index contributed by atoms with van der Waals surface area (Å²) in [6.45, 7) is 0.684. The molecule has 6 heteroatoms. The molecule has 0 aliphatic carbocycles. The molecule has 0 amide bonds. The largest absolute Gasteiger partial charge is 0.504 e. The van der Waals surface area contributed by atoms with Crippen LogP contribution >= 0.6 is 11.6 Å². The topological polar surface area (TPSA) is 62.2 Å². The highest BCUT2D eigenvalue weighted by Crippen LogP contribution is 2.47. The average Bonchev–Trinajstić information content (AvgIpc) is 2.93. The van der Waals surface area contributed by atoms with Crippen LogP contribution in [0, 0.1) is 0 Å². The first-order valence-electron chi connectivity index (χ1n) is 9.61. The highest BCUT2D eigenvalue weighted by Gasteiger charge is 2.48. The summed E-state index contributed by atoms with van der Waals surface area (Å²) >= 11 is 6.37. The summed E-state index contributed by atoms with van der Waals surface area (Å²) in [6.07, 6.45) is 3.53. The number of halogens is 1. The van der Waals surface area contributed by atoms with Crippen LogP contribution in [0.5, 0.6) is 17.2 Å². The van der Waals surface area contributed by atoms with Gasteiger partial charge in [0.05, 0.1) is 19.8 Å². The summed E-state index contributed by atoms with van der Waals surface area (Å²) < 4.78 is 10.5. The predicted molar refractivity (Wildman–Crippen MR) is 108 cm³/mol. The third kappa shape index (κ3) is 3.43. The number of benzene rings is 2. The summed E-state index contributed by atoms with van der Waals surface area (Å²) in [6, 6.07) is 11.7. The second-order valence-electron chi connectivity index (χ2n) is 7.84. The molecule has 2 aromatic carbocycles. The Hall–Kier alpha value is -1.95. The Labute approximate surface area is 170 Å². The van der Waals surface area contributed by atoms with Crippen molar-refractivity contribution in [3.8, 4) is 17.2 Å². The summed E-state index contributed by atoms with van der Waals surface area (Å²) in [7, 11) is 3.18. The van der Waals surface area contributed by atoms with Gasteiger partial charge in [0.2, 0.25) is 0 Å². The standard InChI is InChI=1S/C22H26ClNO4/c1-27-18-7-3-15(4-8-18)22(26)11-16-5-6-17(12-22)24(16)13-14-9-21(28-2)20(25)10-19(14)23/h3-4,7-10,16-17,25-26H,5-6,11-13H2,1-2H3/t16-,17-/m0/s1. The number of phenols is 1. The monoisotopic (exact) mass is 403 g/mol. The Balaban J connectivity index is 1.54. The molecule has 2 aliphatic heterocycles. The lowest BCUT2D eigenvalue weighted by atomic mass is 9.80. The molecule has 28 heavy (non-hydrogen) atoms.